The van der Waals surface area contributed by atoms with Crippen LogP contribution in [0.15, 0.2) is 146 Å². The van der Waals surface area contributed by atoms with Crippen molar-refractivity contribution in [1.29, 1.82) is 0 Å². The van der Waals surface area contributed by atoms with Gasteiger partial charge in [0.25, 0.3) is 0 Å². The molecule has 0 bridgehead atoms. The number of rotatable bonds is 4. The average molecular weight is 553 g/mol. The summed E-state index contributed by atoms with van der Waals surface area (Å²) in [5.74, 6) is -0.0743. The molecule has 0 saturated heterocycles. The first-order chi connectivity index (χ1) is 20.0. The summed E-state index contributed by atoms with van der Waals surface area (Å²) in [7, 11) is -0.0197. The third-order valence-electron chi connectivity index (χ3n) is 6.96. The minimum atomic E-state index is -1.08. The molecule has 0 amide bonds. The van der Waals surface area contributed by atoms with Crippen molar-refractivity contribution in [2.75, 3.05) is 6.26 Å². The molecule has 1 atom stereocenters. The van der Waals surface area contributed by atoms with Crippen LogP contribution in [0.1, 0.15) is 40.3 Å². The number of carbonyl (C=O) groups is 1. The van der Waals surface area contributed by atoms with Crippen molar-refractivity contribution in [2.24, 2.45) is 0 Å². The fraction of sp³-hybridized carbons (Fsp3) is 0.0789. The van der Waals surface area contributed by atoms with E-state index in [-0.39, 0.29) is 10.9 Å². The minimum Gasteiger partial charge on any atom is -0.550 e. The van der Waals surface area contributed by atoms with Gasteiger partial charge in [-0.15, -0.1) is 0 Å². The Hall–Kier alpha value is -4.60. The summed E-state index contributed by atoms with van der Waals surface area (Å²) in [6.45, 7) is 0.972. The second-order valence-corrected chi connectivity index (χ2v) is 11.8. The Morgan fingerprint density at radius 2 is 0.902 bits per heavy atom. The maximum Gasteiger partial charge on any atom is 0.170 e. The average Bonchev–Trinajstić information content (AvgIpc) is 3.00. The van der Waals surface area contributed by atoms with Crippen LogP contribution in [0.2, 0.25) is 0 Å². The zero-order valence-corrected chi connectivity index (χ0v) is 24.1. The monoisotopic (exact) mass is 552 g/mol. The molecule has 1 aliphatic heterocycles. The van der Waals surface area contributed by atoms with E-state index < -0.39 is 5.97 Å². The Kier molecular flexibility index (Phi) is 8.98. The number of allylic oxidation sites excluding steroid dienone is 2. The minimum absolute atomic E-state index is 0.0197. The first-order valence-electron chi connectivity index (χ1n) is 13.6. The van der Waals surface area contributed by atoms with E-state index in [1.807, 2.05) is 0 Å². The van der Waals surface area contributed by atoms with Crippen molar-refractivity contribution in [3.8, 4) is 0 Å². The number of carboxylic acid groups (broad SMARTS) is 1. The lowest BCUT2D eigenvalue weighted by Crippen LogP contribution is -2.16. The van der Waals surface area contributed by atoms with Crippen molar-refractivity contribution in [1.82, 2.24) is 0 Å². The third-order valence-corrected chi connectivity index (χ3v) is 8.84. The Morgan fingerprint density at radius 3 is 1.39 bits per heavy atom. The summed E-state index contributed by atoms with van der Waals surface area (Å²) in [6, 6.07) is 52.9. The van der Waals surface area contributed by atoms with Gasteiger partial charge in [0.1, 0.15) is 12.0 Å². The van der Waals surface area contributed by atoms with Gasteiger partial charge in [0.15, 0.2) is 4.91 Å². The van der Waals surface area contributed by atoms with E-state index >= 15 is 0 Å². The van der Waals surface area contributed by atoms with Gasteiger partial charge < -0.3 is 9.90 Å². The molecule has 41 heavy (non-hydrogen) atoms. The van der Waals surface area contributed by atoms with Gasteiger partial charge in [-0.3, -0.25) is 0 Å². The summed E-state index contributed by atoms with van der Waals surface area (Å²) in [5.41, 5.74) is 11.7. The van der Waals surface area contributed by atoms with E-state index in [9.17, 15) is 0 Å². The van der Waals surface area contributed by atoms with Gasteiger partial charge in [0.2, 0.25) is 0 Å². The number of carboxylic acids is 1. The molecule has 202 valence electrons. The fourth-order valence-electron chi connectivity index (χ4n) is 5.36. The Bertz CT molecular complexity index is 1670. The van der Waals surface area contributed by atoms with Crippen LogP contribution in [-0.4, -0.2) is 12.2 Å². The number of benzene rings is 5. The third kappa shape index (κ3) is 6.42. The molecule has 1 unspecified atom stereocenters. The van der Waals surface area contributed by atoms with Crippen LogP contribution < -0.4 is 5.11 Å². The summed E-state index contributed by atoms with van der Waals surface area (Å²) in [5, 5.41) is 8.89. The molecule has 0 aromatic heterocycles. The van der Waals surface area contributed by atoms with E-state index in [0.717, 1.165) is 12.7 Å². The van der Waals surface area contributed by atoms with Gasteiger partial charge in [0, 0.05) is 39.1 Å². The van der Waals surface area contributed by atoms with Gasteiger partial charge in [-0.2, -0.15) is 0 Å². The standard InChI is InChI=1S/C36H29S.C2H4O2/c1-37-26-31-24-14-15-25-32(31)33(27-16-6-2-7-17-27)34(28-18-8-3-9-19-28)35(29-20-10-4-11-21-29)36(37)30-22-12-5-13-23-30;1-2(3)4/h2-25H,26H2,1H3;1H3,(H,3,4)/q+1;/p-1/b34-33-,36-35-;. The predicted octanol–water partition coefficient (Wildman–Crippen LogP) is 7.73. The van der Waals surface area contributed by atoms with Gasteiger partial charge in [0.05, 0.1) is 0 Å². The molecule has 6 rings (SSSR count). The number of aliphatic carboxylic acids is 1. The number of fused-ring (bicyclic) bond motifs is 1. The zero-order chi connectivity index (χ0) is 28.6. The van der Waals surface area contributed by atoms with Gasteiger partial charge in [-0.1, -0.05) is 133 Å². The molecule has 0 spiro atoms. The highest BCUT2D eigenvalue weighted by molar-refractivity contribution is 8.04. The summed E-state index contributed by atoms with van der Waals surface area (Å²) < 4.78 is 0. The van der Waals surface area contributed by atoms with Crippen LogP contribution in [-0.2, 0) is 21.4 Å². The maximum absolute atomic E-state index is 8.89. The Morgan fingerprint density at radius 1 is 0.537 bits per heavy atom. The van der Waals surface area contributed by atoms with Crippen molar-refractivity contribution >= 4 is 38.5 Å². The zero-order valence-electron chi connectivity index (χ0n) is 23.3. The van der Waals surface area contributed by atoms with Gasteiger partial charge in [-0.25, -0.2) is 0 Å². The second kappa shape index (κ2) is 13.2. The van der Waals surface area contributed by atoms with Crippen LogP contribution in [0.25, 0.3) is 21.6 Å². The van der Waals surface area contributed by atoms with E-state index in [1.54, 1.807) is 0 Å². The molecule has 5 aromatic carbocycles. The van der Waals surface area contributed by atoms with Crippen molar-refractivity contribution in [3.63, 3.8) is 0 Å². The Balaban J connectivity index is 0.000000794. The lowest BCUT2D eigenvalue weighted by atomic mass is 9.81. The number of carbonyl (C=O) groups excluding carboxylic acids is 1. The van der Waals surface area contributed by atoms with Crippen molar-refractivity contribution in [2.45, 2.75) is 12.7 Å². The molecule has 0 N–H and O–H groups in total. The SMILES string of the molecule is CC(=O)[O-].C[S+]1Cc2ccccc2/C(c2ccccc2)=C(c2ccccc2)\C(c2ccccc2)=C/1c1ccccc1. The first-order valence-corrected chi connectivity index (χ1v) is 15.4. The highest BCUT2D eigenvalue weighted by Gasteiger charge is 2.34. The van der Waals surface area contributed by atoms with Crippen LogP contribution >= 0.6 is 0 Å². The molecular formula is C38H32O2S. The topological polar surface area (TPSA) is 40.1 Å². The molecule has 3 heteroatoms. The molecule has 2 nitrogen and oxygen atoms in total. The van der Waals surface area contributed by atoms with Gasteiger partial charge >= 0.3 is 0 Å². The highest BCUT2D eigenvalue weighted by atomic mass is 32.2. The smallest absolute Gasteiger partial charge is 0.170 e. The molecule has 0 saturated carbocycles. The number of hydrogen-bond acceptors (Lipinski definition) is 2. The van der Waals surface area contributed by atoms with E-state index in [1.165, 1.54) is 55.0 Å². The Labute approximate surface area is 245 Å². The normalized spacial score (nSPS) is 18.2. The van der Waals surface area contributed by atoms with Crippen molar-refractivity contribution < 1.29 is 9.90 Å². The molecule has 0 aliphatic carbocycles. The highest BCUT2D eigenvalue weighted by Crippen LogP contribution is 2.48. The van der Waals surface area contributed by atoms with Crippen LogP contribution in [0.5, 0.6) is 0 Å². The molecule has 0 radical (unpaired) electrons. The first kappa shape index (κ1) is 27.9. The summed E-state index contributed by atoms with van der Waals surface area (Å²) in [6.07, 6.45) is 2.41. The molecule has 0 fully saturated rings. The van der Waals surface area contributed by atoms with E-state index in [4.69, 9.17) is 9.90 Å². The predicted molar refractivity (Wildman–Crippen MR) is 173 cm³/mol. The van der Waals surface area contributed by atoms with Crippen molar-refractivity contribution in [3.05, 3.63) is 179 Å². The lowest BCUT2D eigenvalue weighted by Gasteiger charge is -2.26. The van der Waals surface area contributed by atoms with E-state index in [0.29, 0.717) is 0 Å². The van der Waals surface area contributed by atoms with Crippen LogP contribution in [0, 0.1) is 0 Å². The second-order valence-electron chi connectivity index (χ2n) is 9.85. The molecule has 5 aromatic rings. The lowest BCUT2D eigenvalue weighted by molar-refractivity contribution is -0.302. The molecule has 1 aliphatic rings. The number of hydrogen-bond donors (Lipinski definition) is 0. The summed E-state index contributed by atoms with van der Waals surface area (Å²) >= 11 is 0. The van der Waals surface area contributed by atoms with Crippen LogP contribution in [0.4, 0.5) is 0 Å². The summed E-state index contributed by atoms with van der Waals surface area (Å²) in [4.78, 5) is 10.3. The maximum atomic E-state index is 8.89. The van der Waals surface area contributed by atoms with E-state index in [2.05, 4.69) is 152 Å². The van der Waals surface area contributed by atoms with Gasteiger partial charge in [-0.05, 0) is 46.9 Å². The fourth-order valence-corrected chi connectivity index (χ4v) is 7.33. The molecular weight excluding hydrogens is 520 g/mol. The van der Waals surface area contributed by atoms with Crippen LogP contribution in [0.3, 0.4) is 0 Å². The molecule has 1 heterocycles. The quantitative estimate of drug-likeness (QED) is 0.214. The largest absolute Gasteiger partial charge is 0.550 e.